The Kier molecular flexibility index (Phi) is 4.17. The molecule has 0 N–H and O–H groups in total. The molecule has 0 atom stereocenters. The molecule has 0 spiro atoms. The first-order valence-corrected chi connectivity index (χ1v) is 4.90. The highest BCUT2D eigenvalue weighted by atomic mass is 16.5. The molecule has 0 saturated heterocycles. The van der Waals surface area contributed by atoms with E-state index in [4.69, 9.17) is 14.2 Å². The molecular weight excluding hydrogens is 208 g/mol. The van der Waals surface area contributed by atoms with Crippen LogP contribution in [-0.2, 0) is 11.2 Å². The molecule has 0 aliphatic heterocycles. The summed E-state index contributed by atoms with van der Waals surface area (Å²) in [5.41, 5.74) is 0.748. The molecule has 0 amide bonds. The number of Topliss-reactive ketones (excluding diaryl/α,β-unsaturated/α-hetero) is 1. The Balaban J connectivity index is 3.25. The zero-order chi connectivity index (χ0) is 12.1. The number of benzene rings is 1. The van der Waals surface area contributed by atoms with E-state index in [1.54, 1.807) is 33.5 Å². The van der Waals surface area contributed by atoms with Gasteiger partial charge in [-0.05, 0) is 6.92 Å². The first kappa shape index (κ1) is 12.4. The smallest absolute Gasteiger partial charge is 0.134 e. The van der Waals surface area contributed by atoms with Crippen molar-refractivity contribution in [1.29, 1.82) is 0 Å². The Morgan fingerprint density at radius 3 is 1.88 bits per heavy atom. The maximum Gasteiger partial charge on any atom is 0.134 e. The molecule has 4 nitrogen and oxygen atoms in total. The maximum atomic E-state index is 11.2. The van der Waals surface area contributed by atoms with E-state index >= 15 is 0 Å². The monoisotopic (exact) mass is 224 g/mol. The van der Waals surface area contributed by atoms with Crippen molar-refractivity contribution in [2.24, 2.45) is 0 Å². The Hall–Kier alpha value is -1.71. The normalized spacial score (nSPS) is 9.75. The van der Waals surface area contributed by atoms with Crippen LogP contribution in [0, 0.1) is 0 Å². The second-order valence-electron chi connectivity index (χ2n) is 3.39. The van der Waals surface area contributed by atoms with Crippen molar-refractivity contribution >= 4 is 5.78 Å². The molecule has 16 heavy (non-hydrogen) atoms. The molecule has 0 aromatic heterocycles. The van der Waals surface area contributed by atoms with Crippen LogP contribution in [0.1, 0.15) is 12.5 Å². The topological polar surface area (TPSA) is 44.8 Å². The minimum Gasteiger partial charge on any atom is -0.496 e. The summed E-state index contributed by atoms with van der Waals surface area (Å²) in [6, 6.07) is 3.47. The Morgan fingerprint density at radius 1 is 1.06 bits per heavy atom. The van der Waals surface area contributed by atoms with Crippen LogP contribution in [0.2, 0.25) is 0 Å². The lowest BCUT2D eigenvalue weighted by Crippen LogP contribution is -2.03. The van der Waals surface area contributed by atoms with Crippen molar-refractivity contribution in [3.8, 4) is 17.2 Å². The standard InChI is InChI=1S/C12H16O4/c1-8(13)5-10-11(15-3)6-9(14-2)7-12(10)16-4/h6-7H,5H2,1-4H3. The summed E-state index contributed by atoms with van der Waals surface area (Å²) in [7, 11) is 4.68. The minimum atomic E-state index is 0.0572. The number of carbonyl (C=O) groups excluding carboxylic acids is 1. The summed E-state index contributed by atoms with van der Waals surface area (Å²) < 4.78 is 15.6. The Morgan fingerprint density at radius 2 is 1.56 bits per heavy atom. The fraction of sp³-hybridized carbons (Fsp3) is 0.417. The van der Waals surface area contributed by atoms with Crippen molar-refractivity contribution in [3.63, 3.8) is 0 Å². The summed E-state index contributed by atoms with van der Waals surface area (Å²) in [5.74, 6) is 1.90. The van der Waals surface area contributed by atoms with E-state index in [1.165, 1.54) is 6.92 Å². The molecular formula is C12H16O4. The van der Waals surface area contributed by atoms with Gasteiger partial charge >= 0.3 is 0 Å². The fourth-order valence-electron chi connectivity index (χ4n) is 1.50. The molecule has 0 fully saturated rings. The van der Waals surface area contributed by atoms with Crippen molar-refractivity contribution in [3.05, 3.63) is 17.7 Å². The van der Waals surface area contributed by atoms with E-state index < -0.39 is 0 Å². The van der Waals surface area contributed by atoms with E-state index in [0.717, 1.165) is 5.56 Å². The predicted molar refractivity (Wildman–Crippen MR) is 60.5 cm³/mol. The summed E-state index contributed by atoms with van der Waals surface area (Å²) in [6.45, 7) is 1.53. The number of ether oxygens (including phenoxy) is 3. The molecule has 0 radical (unpaired) electrons. The highest BCUT2D eigenvalue weighted by Crippen LogP contribution is 2.34. The van der Waals surface area contributed by atoms with Gasteiger partial charge in [0.05, 0.1) is 21.3 Å². The molecule has 1 aromatic rings. The molecule has 0 saturated carbocycles. The molecule has 1 rings (SSSR count). The van der Waals surface area contributed by atoms with Crippen LogP contribution in [-0.4, -0.2) is 27.1 Å². The molecule has 0 aliphatic carbocycles. The largest absolute Gasteiger partial charge is 0.496 e. The van der Waals surface area contributed by atoms with Crippen LogP contribution >= 0.6 is 0 Å². The van der Waals surface area contributed by atoms with Crippen molar-refractivity contribution in [1.82, 2.24) is 0 Å². The average molecular weight is 224 g/mol. The van der Waals surface area contributed by atoms with Gasteiger partial charge in [0, 0.05) is 24.1 Å². The molecule has 0 heterocycles. The fourth-order valence-corrected chi connectivity index (χ4v) is 1.50. The number of hydrogen-bond acceptors (Lipinski definition) is 4. The minimum absolute atomic E-state index is 0.0572. The van der Waals surface area contributed by atoms with Crippen molar-refractivity contribution in [2.75, 3.05) is 21.3 Å². The third-order valence-electron chi connectivity index (χ3n) is 2.24. The summed E-state index contributed by atoms with van der Waals surface area (Å²) >= 11 is 0. The highest BCUT2D eigenvalue weighted by molar-refractivity contribution is 5.80. The van der Waals surface area contributed by atoms with Gasteiger partial charge in [-0.25, -0.2) is 0 Å². The second-order valence-corrected chi connectivity index (χ2v) is 3.39. The second kappa shape index (κ2) is 5.39. The van der Waals surface area contributed by atoms with Crippen LogP contribution in [0.4, 0.5) is 0 Å². The van der Waals surface area contributed by atoms with E-state index in [1.807, 2.05) is 0 Å². The van der Waals surface area contributed by atoms with Crippen LogP contribution in [0.3, 0.4) is 0 Å². The van der Waals surface area contributed by atoms with Gasteiger partial charge in [0.1, 0.15) is 23.0 Å². The SMILES string of the molecule is COc1cc(OC)c(CC(C)=O)c(OC)c1. The van der Waals surface area contributed by atoms with Gasteiger partial charge in [-0.1, -0.05) is 0 Å². The van der Waals surface area contributed by atoms with Crippen molar-refractivity contribution < 1.29 is 19.0 Å². The van der Waals surface area contributed by atoms with Gasteiger partial charge in [-0.15, -0.1) is 0 Å². The summed E-state index contributed by atoms with van der Waals surface area (Å²) in [5, 5.41) is 0. The lowest BCUT2D eigenvalue weighted by Gasteiger charge is -2.13. The van der Waals surface area contributed by atoms with E-state index in [2.05, 4.69) is 0 Å². The lowest BCUT2D eigenvalue weighted by atomic mass is 10.1. The van der Waals surface area contributed by atoms with Gasteiger partial charge < -0.3 is 14.2 Å². The zero-order valence-corrected chi connectivity index (χ0v) is 9.99. The van der Waals surface area contributed by atoms with E-state index in [-0.39, 0.29) is 12.2 Å². The number of hydrogen-bond donors (Lipinski definition) is 0. The maximum absolute atomic E-state index is 11.2. The van der Waals surface area contributed by atoms with Gasteiger partial charge in [0.2, 0.25) is 0 Å². The third kappa shape index (κ3) is 2.66. The number of ketones is 1. The highest BCUT2D eigenvalue weighted by Gasteiger charge is 2.14. The van der Waals surface area contributed by atoms with E-state index in [0.29, 0.717) is 17.2 Å². The predicted octanol–water partition coefficient (Wildman–Crippen LogP) is 1.84. The van der Waals surface area contributed by atoms with Gasteiger partial charge in [-0.3, -0.25) is 4.79 Å². The van der Waals surface area contributed by atoms with Gasteiger partial charge in [0.15, 0.2) is 0 Å². The number of carbonyl (C=O) groups is 1. The molecule has 0 unspecified atom stereocenters. The molecule has 0 aliphatic rings. The first-order chi connectivity index (χ1) is 7.62. The van der Waals surface area contributed by atoms with Crippen LogP contribution in [0.15, 0.2) is 12.1 Å². The molecule has 88 valence electrons. The quantitative estimate of drug-likeness (QED) is 0.765. The van der Waals surface area contributed by atoms with Gasteiger partial charge in [-0.2, -0.15) is 0 Å². The Bertz CT molecular complexity index is 360. The summed E-state index contributed by atoms with van der Waals surface area (Å²) in [4.78, 5) is 11.2. The third-order valence-corrected chi connectivity index (χ3v) is 2.24. The number of methoxy groups -OCH3 is 3. The summed E-state index contributed by atoms with van der Waals surface area (Å²) in [6.07, 6.45) is 0.288. The van der Waals surface area contributed by atoms with Crippen LogP contribution < -0.4 is 14.2 Å². The average Bonchev–Trinajstić information content (AvgIpc) is 2.28. The van der Waals surface area contributed by atoms with E-state index in [9.17, 15) is 4.79 Å². The molecule has 0 bridgehead atoms. The van der Waals surface area contributed by atoms with Crippen molar-refractivity contribution in [2.45, 2.75) is 13.3 Å². The van der Waals surface area contributed by atoms with Crippen LogP contribution in [0.5, 0.6) is 17.2 Å². The Labute approximate surface area is 95.1 Å². The number of rotatable bonds is 5. The first-order valence-electron chi connectivity index (χ1n) is 4.90. The zero-order valence-electron chi connectivity index (χ0n) is 9.99. The van der Waals surface area contributed by atoms with Crippen LogP contribution in [0.25, 0.3) is 0 Å². The van der Waals surface area contributed by atoms with Gasteiger partial charge in [0.25, 0.3) is 0 Å². The molecule has 4 heteroatoms. The molecule has 1 aromatic carbocycles. The lowest BCUT2D eigenvalue weighted by molar-refractivity contribution is -0.116.